The first-order valence-electron chi connectivity index (χ1n) is 6.40. The minimum absolute atomic E-state index is 0.202. The summed E-state index contributed by atoms with van der Waals surface area (Å²) in [5.74, 6) is -0.202. The smallest absolute Gasteiger partial charge is 0.407 e. The lowest BCUT2D eigenvalue weighted by molar-refractivity contribution is -0.140. The Morgan fingerprint density at radius 2 is 1.78 bits per heavy atom. The SMILES string of the molecule is O=CC1CCCN1C(=O)C1CCCCN1C(=O)O. The van der Waals surface area contributed by atoms with Crippen molar-refractivity contribution in [3.05, 3.63) is 0 Å². The number of amides is 2. The summed E-state index contributed by atoms with van der Waals surface area (Å²) in [7, 11) is 0. The molecule has 0 aliphatic carbocycles. The van der Waals surface area contributed by atoms with Gasteiger partial charge in [-0.05, 0) is 32.1 Å². The first kappa shape index (κ1) is 12.9. The number of hydrogen-bond acceptors (Lipinski definition) is 3. The molecular weight excluding hydrogens is 236 g/mol. The van der Waals surface area contributed by atoms with Crippen molar-refractivity contribution in [1.82, 2.24) is 9.80 Å². The molecule has 6 heteroatoms. The molecular formula is C12H18N2O4. The van der Waals surface area contributed by atoms with Gasteiger partial charge in [-0.3, -0.25) is 9.69 Å². The molecule has 2 heterocycles. The van der Waals surface area contributed by atoms with Crippen molar-refractivity contribution in [1.29, 1.82) is 0 Å². The van der Waals surface area contributed by atoms with Gasteiger partial charge in [0, 0.05) is 13.1 Å². The molecule has 2 atom stereocenters. The van der Waals surface area contributed by atoms with E-state index in [4.69, 9.17) is 5.11 Å². The van der Waals surface area contributed by atoms with Crippen molar-refractivity contribution in [2.75, 3.05) is 13.1 Å². The van der Waals surface area contributed by atoms with E-state index in [2.05, 4.69) is 0 Å². The van der Waals surface area contributed by atoms with Gasteiger partial charge in [-0.15, -0.1) is 0 Å². The molecule has 1 N–H and O–H groups in total. The van der Waals surface area contributed by atoms with E-state index in [-0.39, 0.29) is 11.9 Å². The van der Waals surface area contributed by atoms with Crippen LogP contribution in [0.15, 0.2) is 0 Å². The highest BCUT2D eigenvalue weighted by molar-refractivity contribution is 5.87. The Labute approximate surface area is 106 Å². The first-order valence-corrected chi connectivity index (χ1v) is 6.40. The summed E-state index contributed by atoms with van der Waals surface area (Å²) in [4.78, 5) is 37.1. The molecule has 0 radical (unpaired) electrons. The zero-order valence-electron chi connectivity index (χ0n) is 10.2. The van der Waals surface area contributed by atoms with Gasteiger partial charge >= 0.3 is 6.09 Å². The molecule has 2 rings (SSSR count). The van der Waals surface area contributed by atoms with Gasteiger partial charge in [0.1, 0.15) is 12.3 Å². The van der Waals surface area contributed by atoms with Crippen LogP contribution in [0.3, 0.4) is 0 Å². The Morgan fingerprint density at radius 1 is 1.06 bits per heavy atom. The van der Waals surface area contributed by atoms with Crippen molar-refractivity contribution in [2.24, 2.45) is 0 Å². The molecule has 0 aromatic carbocycles. The predicted molar refractivity (Wildman–Crippen MR) is 63.2 cm³/mol. The number of carbonyl (C=O) groups is 3. The number of aldehydes is 1. The minimum atomic E-state index is -1.05. The highest BCUT2D eigenvalue weighted by atomic mass is 16.4. The van der Waals surface area contributed by atoms with Crippen molar-refractivity contribution < 1.29 is 19.5 Å². The summed E-state index contributed by atoms with van der Waals surface area (Å²) in [6.45, 7) is 0.970. The van der Waals surface area contributed by atoms with E-state index in [0.29, 0.717) is 25.9 Å². The summed E-state index contributed by atoms with van der Waals surface area (Å²) in [6, 6.07) is -0.966. The monoisotopic (exact) mass is 254 g/mol. The van der Waals surface area contributed by atoms with Crippen molar-refractivity contribution >= 4 is 18.3 Å². The molecule has 0 bridgehead atoms. The van der Waals surface area contributed by atoms with E-state index in [1.165, 1.54) is 4.90 Å². The first-order chi connectivity index (χ1) is 8.65. The van der Waals surface area contributed by atoms with Gasteiger partial charge in [0.15, 0.2) is 0 Å². The standard InChI is InChI=1S/C12H18N2O4/c15-8-9-4-3-7-13(9)11(16)10-5-1-2-6-14(10)12(17)18/h8-10H,1-7H2,(H,17,18). The highest BCUT2D eigenvalue weighted by Gasteiger charge is 2.38. The van der Waals surface area contributed by atoms with Gasteiger partial charge in [0.05, 0.1) is 6.04 Å². The van der Waals surface area contributed by atoms with E-state index >= 15 is 0 Å². The second kappa shape index (κ2) is 5.37. The van der Waals surface area contributed by atoms with Gasteiger partial charge < -0.3 is 14.8 Å². The summed E-state index contributed by atoms with van der Waals surface area (Å²) in [5.41, 5.74) is 0. The fourth-order valence-electron chi connectivity index (χ4n) is 2.82. The zero-order valence-corrected chi connectivity index (χ0v) is 10.2. The summed E-state index contributed by atoms with van der Waals surface area (Å²) < 4.78 is 0. The molecule has 0 saturated carbocycles. The van der Waals surface area contributed by atoms with Gasteiger partial charge in [-0.1, -0.05) is 0 Å². The number of piperidine rings is 1. The maximum Gasteiger partial charge on any atom is 0.407 e. The molecule has 0 spiro atoms. The summed E-state index contributed by atoms with van der Waals surface area (Å²) >= 11 is 0. The third-order valence-electron chi connectivity index (χ3n) is 3.77. The molecule has 0 aromatic rings. The topological polar surface area (TPSA) is 77.9 Å². The molecule has 2 aliphatic heterocycles. The van der Waals surface area contributed by atoms with Crippen LogP contribution in [0.4, 0.5) is 4.79 Å². The average Bonchev–Trinajstić information content (AvgIpc) is 2.86. The highest BCUT2D eigenvalue weighted by Crippen LogP contribution is 2.23. The third kappa shape index (κ3) is 2.32. The third-order valence-corrected chi connectivity index (χ3v) is 3.77. The van der Waals surface area contributed by atoms with E-state index in [1.54, 1.807) is 4.90 Å². The Balaban J connectivity index is 2.10. The largest absolute Gasteiger partial charge is 0.465 e. The Morgan fingerprint density at radius 3 is 2.44 bits per heavy atom. The van der Waals surface area contributed by atoms with E-state index in [0.717, 1.165) is 25.5 Å². The maximum atomic E-state index is 12.3. The van der Waals surface area contributed by atoms with Crippen molar-refractivity contribution in [2.45, 2.75) is 44.2 Å². The van der Waals surface area contributed by atoms with Crippen LogP contribution in [-0.4, -0.2) is 58.4 Å². The predicted octanol–water partition coefficient (Wildman–Crippen LogP) is 0.709. The molecule has 0 aromatic heterocycles. The number of likely N-dealkylation sites (tertiary alicyclic amines) is 2. The number of hydrogen-bond donors (Lipinski definition) is 1. The number of rotatable bonds is 2. The Hall–Kier alpha value is -1.59. The molecule has 2 fully saturated rings. The number of carboxylic acid groups (broad SMARTS) is 1. The normalized spacial score (nSPS) is 28.2. The second-order valence-electron chi connectivity index (χ2n) is 4.86. The maximum absolute atomic E-state index is 12.3. The van der Waals surface area contributed by atoms with Crippen LogP contribution >= 0.6 is 0 Å². The second-order valence-corrected chi connectivity index (χ2v) is 4.86. The lowest BCUT2D eigenvalue weighted by Crippen LogP contribution is -2.53. The van der Waals surface area contributed by atoms with Crippen LogP contribution < -0.4 is 0 Å². The number of carbonyl (C=O) groups excluding carboxylic acids is 2. The molecule has 2 amide bonds. The van der Waals surface area contributed by atoms with E-state index < -0.39 is 12.1 Å². The van der Waals surface area contributed by atoms with Crippen LogP contribution in [0.25, 0.3) is 0 Å². The van der Waals surface area contributed by atoms with Crippen LogP contribution in [0.2, 0.25) is 0 Å². The fourth-order valence-corrected chi connectivity index (χ4v) is 2.82. The van der Waals surface area contributed by atoms with Crippen LogP contribution in [0.5, 0.6) is 0 Å². The van der Waals surface area contributed by atoms with E-state index in [9.17, 15) is 14.4 Å². The van der Waals surface area contributed by atoms with Crippen molar-refractivity contribution in [3.63, 3.8) is 0 Å². The fraction of sp³-hybridized carbons (Fsp3) is 0.750. The van der Waals surface area contributed by atoms with E-state index in [1.807, 2.05) is 0 Å². The molecule has 6 nitrogen and oxygen atoms in total. The molecule has 2 unspecified atom stereocenters. The lowest BCUT2D eigenvalue weighted by atomic mass is 10.0. The molecule has 100 valence electrons. The Bertz CT molecular complexity index is 358. The van der Waals surface area contributed by atoms with Gasteiger partial charge in [0.25, 0.3) is 0 Å². The van der Waals surface area contributed by atoms with Crippen LogP contribution in [0, 0.1) is 0 Å². The lowest BCUT2D eigenvalue weighted by Gasteiger charge is -2.35. The zero-order chi connectivity index (χ0) is 13.1. The summed E-state index contributed by atoms with van der Waals surface area (Å²) in [6.07, 6.45) is 3.47. The molecule has 18 heavy (non-hydrogen) atoms. The number of nitrogens with zero attached hydrogens (tertiary/aromatic N) is 2. The summed E-state index contributed by atoms with van der Waals surface area (Å²) in [5, 5.41) is 9.11. The van der Waals surface area contributed by atoms with Crippen LogP contribution in [-0.2, 0) is 9.59 Å². The van der Waals surface area contributed by atoms with Crippen LogP contribution in [0.1, 0.15) is 32.1 Å². The Kier molecular flexibility index (Phi) is 3.84. The van der Waals surface area contributed by atoms with Gasteiger partial charge in [-0.2, -0.15) is 0 Å². The van der Waals surface area contributed by atoms with Gasteiger partial charge in [-0.25, -0.2) is 4.79 Å². The average molecular weight is 254 g/mol. The molecule has 2 aliphatic rings. The van der Waals surface area contributed by atoms with Gasteiger partial charge in [0.2, 0.25) is 5.91 Å². The minimum Gasteiger partial charge on any atom is -0.465 e. The molecule has 2 saturated heterocycles. The van der Waals surface area contributed by atoms with Crippen molar-refractivity contribution in [3.8, 4) is 0 Å². The quantitative estimate of drug-likeness (QED) is 0.736.